The second-order valence-electron chi connectivity index (χ2n) is 4.03. The number of carbonyl (C=O) groups is 1. The fourth-order valence-electron chi connectivity index (χ4n) is 1.65. The van der Waals surface area contributed by atoms with Crippen molar-refractivity contribution in [2.75, 3.05) is 0 Å². The molecular weight excluding hydrogens is 222 g/mol. The predicted octanol–water partition coefficient (Wildman–Crippen LogP) is 3.40. The summed E-state index contributed by atoms with van der Waals surface area (Å²) in [4.78, 5) is 11.8. The zero-order valence-electron chi connectivity index (χ0n) is 10.3. The first-order valence-corrected chi connectivity index (χ1v) is 5.85. The van der Waals surface area contributed by atoms with Gasteiger partial charge >= 0.3 is 0 Å². The molecule has 90 valence electrons. The van der Waals surface area contributed by atoms with E-state index in [4.69, 9.17) is 0 Å². The molecule has 18 heavy (non-hydrogen) atoms. The molecular formula is C16H15NO. The Kier molecular flexibility index (Phi) is 3.92. The molecule has 2 nitrogen and oxygen atoms in total. The highest BCUT2D eigenvalue weighted by Crippen LogP contribution is 2.08. The van der Waals surface area contributed by atoms with Crippen LogP contribution < -0.4 is 5.32 Å². The Labute approximate surface area is 107 Å². The molecule has 0 aliphatic rings. The number of aryl methyl sites for hydroxylation is 1. The fraction of sp³-hybridized carbons (Fsp3) is 0.0625. The van der Waals surface area contributed by atoms with E-state index in [1.54, 1.807) is 18.3 Å². The zero-order chi connectivity index (χ0) is 12.8. The van der Waals surface area contributed by atoms with Gasteiger partial charge in [-0.05, 0) is 36.3 Å². The van der Waals surface area contributed by atoms with Crippen molar-refractivity contribution in [2.24, 2.45) is 0 Å². The molecule has 0 fully saturated rings. The van der Waals surface area contributed by atoms with Gasteiger partial charge in [0.25, 0.3) is 5.91 Å². The standard InChI is InChI=1S/C16H15NO/c1-13-7-5-6-8-14(13)11-12-17-16(18)15-9-3-2-4-10-15/h2-12H,1H3,(H,17,18)/b12-11+. The molecule has 0 heterocycles. The largest absolute Gasteiger partial charge is 0.329 e. The van der Waals surface area contributed by atoms with E-state index >= 15 is 0 Å². The smallest absolute Gasteiger partial charge is 0.255 e. The highest BCUT2D eigenvalue weighted by atomic mass is 16.1. The predicted molar refractivity (Wildman–Crippen MR) is 74.1 cm³/mol. The Morgan fingerprint density at radius 1 is 1.00 bits per heavy atom. The first-order valence-electron chi connectivity index (χ1n) is 5.85. The lowest BCUT2D eigenvalue weighted by molar-refractivity contribution is 0.0970. The van der Waals surface area contributed by atoms with E-state index in [9.17, 15) is 4.79 Å². The van der Waals surface area contributed by atoms with Crippen LogP contribution in [0.3, 0.4) is 0 Å². The molecule has 0 unspecified atom stereocenters. The Morgan fingerprint density at radius 3 is 2.39 bits per heavy atom. The zero-order valence-corrected chi connectivity index (χ0v) is 10.3. The SMILES string of the molecule is Cc1ccccc1/C=C/NC(=O)c1ccccc1. The molecule has 0 aliphatic carbocycles. The van der Waals surface area contributed by atoms with Gasteiger partial charge < -0.3 is 5.32 Å². The molecule has 0 atom stereocenters. The molecule has 0 bridgehead atoms. The molecule has 2 aromatic rings. The number of benzene rings is 2. The Bertz CT molecular complexity index is 558. The molecule has 0 aromatic heterocycles. The number of amides is 1. The van der Waals surface area contributed by atoms with Gasteiger partial charge in [-0.1, -0.05) is 42.5 Å². The van der Waals surface area contributed by atoms with Gasteiger partial charge in [0.2, 0.25) is 0 Å². The number of hydrogen-bond acceptors (Lipinski definition) is 1. The molecule has 0 spiro atoms. The molecule has 0 radical (unpaired) electrons. The third-order valence-electron chi connectivity index (χ3n) is 2.70. The van der Waals surface area contributed by atoms with Gasteiger partial charge in [-0.15, -0.1) is 0 Å². The van der Waals surface area contributed by atoms with Crippen LogP contribution in [0.4, 0.5) is 0 Å². The molecule has 0 saturated heterocycles. The van der Waals surface area contributed by atoms with Gasteiger partial charge in [0.1, 0.15) is 0 Å². The fourth-order valence-corrected chi connectivity index (χ4v) is 1.65. The van der Waals surface area contributed by atoms with Crippen LogP contribution in [-0.2, 0) is 0 Å². The maximum atomic E-state index is 11.8. The van der Waals surface area contributed by atoms with E-state index in [1.807, 2.05) is 55.5 Å². The number of nitrogens with one attached hydrogen (secondary N) is 1. The summed E-state index contributed by atoms with van der Waals surface area (Å²) in [7, 11) is 0. The van der Waals surface area contributed by atoms with E-state index in [0.717, 1.165) is 5.56 Å². The molecule has 1 N–H and O–H groups in total. The van der Waals surface area contributed by atoms with Crippen LogP contribution in [0, 0.1) is 6.92 Å². The number of carbonyl (C=O) groups excluding carboxylic acids is 1. The van der Waals surface area contributed by atoms with Gasteiger partial charge in [0.05, 0.1) is 0 Å². The van der Waals surface area contributed by atoms with E-state index in [-0.39, 0.29) is 5.91 Å². The summed E-state index contributed by atoms with van der Waals surface area (Å²) in [6, 6.07) is 17.2. The second kappa shape index (κ2) is 5.82. The van der Waals surface area contributed by atoms with Crippen LogP contribution in [0.1, 0.15) is 21.5 Å². The lowest BCUT2D eigenvalue weighted by atomic mass is 10.1. The van der Waals surface area contributed by atoms with Gasteiger partial charge in [-0.3, -0.25) is 4.79 Å². The molecule has 0 aliphatic heterocycles. The lowest BCUT2D eigenvalue weighted by Gasteiger charge is -2.01. The van der Waals surface area contributed by atoms with Crippen molar-refractivity contribution in [3.05, 3.63) is 77.5 Å². The van der Waals surface area contributed by atoms with Crippen molar-refractivity contribution in [3.8, 4) is 0 Å². The Morgan fingerprint density at radius 2 is 1.67 bits per heavy atom. The summed E-state index contributed by atoms with van der Waals surface area (Å²) in [5, 5.41) is 2.76. The highest BCUT2D eigenvalue weighted by molar-refractivity contribution is 5.95. The van der Waals surface area contributed by atoms with Crippen molar-refractivity contribution >= 4 is 12.0 Å². The first-order chi connectivity index (χ1) is 8.77. The molecule has 2 aromatic carbocycles. The van der Waals surface area contributed by atoms with Crippen LogP contribution in [0.2, 0.25) is 0 Å². The molecule has 1 amide bonds. The van der Waals surface area contributed by atoms with Gasteiger partial charge in [-0.2, -0.15) is 0 Å². The van der Waals surface area contributed by atoms with Crippen molar-refractivity contribution in [3.63, 3.8) is 0 Å². The number of hydrogen-bond donors (Lipinski definition) is 1. The normalized spacial score (nSPS) is 10.5. The first kappa shape index (κ1) is 12.1. The summed E-state index contributed by atoms with van der Waals surface area (Å²) in [6.07, 6.45) is 3.58. The van der Waals surface area contributed by atoms with E-state index in [2.05, 4.69) is 5.32 Å². The molecule has 2 rings (SSSR count). The second-order valence-corrected chi connectivity index (χ2v) is 4.03. The van der Waals surface area contributed by atoms with Gasteiger partial charge in [0, 0.05) is 11.8 Å². The summed E-state index contributed by atoms with van der Waals surface area (Å²) < 4.78 is 0. The minimum Gasteiger partial charge on any atom is -0.329 e. The topological polar surface area (TPSA) is 29.1 Å². The van der Waals surface area contributed by atoms with E-state index in [1.165, 1.54) is 5.56 Å². The molecule has 2 heteroatoms. The summed E-state index contributed by atoms with van der Waals surface area (Å²) in [5.74, 6) is -0.0968. The van der Waals surface area contributed by atoms with Crippen LogP contribution in [0.25, 0.3) is 6.08 Å². The van der Waals surface area contributed by atoms with Crippen molar-refractivity contribution < 1.29 is 4.79 Å². The highest BCUT2D eigenvalue weighted by Gasteiger charge is 2.00. The summed E-state index contributed by atoms with van der Waals surface area (Å²) in [5.41, 5.74) is 2.94. The summed E-state index contributed by atoms with van der Waals surface area (Å²) >= 11 is 0. The maximum absolute atomic E-state index is 11.8. The van der Waals surface area contributed by atoms with Crippen molar-refractivity contribution in [1.82, 2.24) is 5.32 Å². The van der Waals surface area contributed by atoms with E-state index < -0.39 is 0 Å². The van der Waals surface area contributed by atoms with Crippen LogP contribution in [0.5, 0.6) is 0 Å². The van der Waals surface area contributed by atoms with Crippen LogP contribution >= 0.6 is 0 Å². The average Bonchev–Trinajstić information content (AvgIpc) is 2.42. The maximum Gasteiger partial charge on any atom is 0.255 e. The van der Waals surface area contributed by atoms with Crippen molar-refractivity contribution in [1.29, 1.82) is 0 Å². The average molecular weight is 237 g/mol. The van der Waals surface area contributed by atoms with Crippen molar-refractivity contribution in [2.45, 2.75) is 6.92 Å². The Balaban J connectivity index is 2.00. The third kappa shape index (κ3) is 3.08. The minimum atomic E-state index is -0.0968. The van der Waals surface area contributed by atoms with Crippen LogP contribution in [0.15, 0.2) is 60.8 Å². The third-order valence-corrected chi connectivity index (χ3v) is 2.70. The lowest BCUT2D eigenvalue weighted by Crippen LogP contribution is -2.16. The van der Waals surface area contributed by atoms with Gasteiger partial charge in [0.15, 0.2) is 0 Å². The van der Waals surface area contributed by atoms with Gasteiger partial charge in [-0.25, -0.2) is 0 Å². The van der Waals surface area contributed by atoms with E-state index in [0.29, 0.717) is 5.56 Å². The Hall–Kier alpha value is -2.35. The van der Waals surface area contributed by atoms with Crippen LogP contribution in [-0.4, -0.2) is 5.91 Å². The monoisotopic (exact) mass is 237 g/mol. The number of rotatable bonds is 3. The molecule has 0 saturated carbocycles. The quantitative estimate of drug-likeness (QED) is 0.871. The minimum absolute atomic E-state index is 0.0968. The summed E-state index contributed by atoms with van der Waals surface area (Å²) in [6.45, 7) is 2.04.